The van der Waals surface area contributed by atoms with Crippen LogP contribution in [0.1, 0.15) is 38.2 Å². The first-order chi connectivity index (χ1) is 16.7. The molecule has 2 atom stereocenters. The number of nitrogens with one attached hydrogen (secondary N) is 2. The van der Waals surface area contributed by atoms with Gasteiger partial charge in [0, 0.05) is 11.8 Å². The molecule has 10 nitrogen and oxygen atoms in total. The van der Waals surface area contributed by atoms with Crippen molar-refractivity contribution in [1.82, 2.24) is 4.83 Å². The van der Waals surface area contributed by atoms with E-state index in [2.05, 4.69) is 15.2 Å². The van der Waals surface area contributed by atoms with Gasteiger partial charge in [-0.1, -0.05) is 25.0 Å². The number of carbonyl (C=O) groups is 2. The van der Waals surface area contributed by atoms with Gasteiger partial charge in [-0.3, -0.25) is 9.59 Å². The number of ether oxygens (including phenoxy) is 2. The van der Waals surface area contributed by atoms with Crippen LogP contribution < -0.4 is 19.6 Å². The molecule has 11 heteroatoms. The normalized spacial score (nSPS) is 18.4. The van der Waals surface area contributed by atoms with Crippen LogP contribution in [0.15, 0.2) is 52.5 Å². The number of rotatable bonds is 9. The van der Waals surface area contributed by atoms with Gasteiger partial charge in [0.05, 0.1) is 31.8 Å². The second-order valence-electron chi connectivity index (χ2n) is 8.21. The number of benzene rings is 2. The Morgan fingerprint density at radius 1 is 1.00 bits per heavy atom. The number of methoxy groups -OCH3 is 2. The van der Waals surface area contributed by atoms with Crippen molar-refractivity contribution in [2.24, 2.45) is 16.9 Å². The second kappa shape index (κ2) is 11.2. The number of carboxylic acid groups (broad SMARTS) is 1. The van der Waals surface area contributed by atoms with E-state index in [1.54, 1.807) is 37.3 Å². The maximum absolute atomic E-state index is 12.8. The third-order valence-electron chi connectivity index (χ3n) is 5.98. The van der Waals surface area contributed by atoms with Crippen LogP contribution in [0.2, 0.25) is 0 Å². The van der Waals surface area contributed by atoms with E-state index in [-0.39, 0.29) is 16.6 Å². The third-order valence-corrected chi connectivity index (χ3v) is 7.21. The Bertz CT molecular complexity index is 1210. The average molecular weight is 504 g/mol. The van der Waals surface area contributed by atoms with E-state index in [0.717, 1.165) is 12.8 Å². The summed E-state index contributed by atoms with van der Waals surface area (Å²) in [6.07, 6.45) is 2.68. The van der Waals surface area contributed by atoms with Gasteiger partial charge in [-0.2, -0.15) is 18.4 Å². The van der Waals surface area contributed by atoms with Crippen LogP contribution in [0.25, 0.3) is 0 Å². The van der Waals surface area contributed by atoms with E-state index in [9.17, 15) is 23.1 Å². The minimum absolute atomic E-state index is 0.115. The molecule has 3 rings (SSSR count). The molecule has 3 N–H and O–H groups in total. The molecule has 0 unspecified atom stereocenters. The Morgan fingerprint density at radius 2 is 1.66 bits per heavy atom. The number of hydrogen-bond donors (Lipinski definition) is 3. The first kappa shape index (κ1) is 26.0. The number of hydrogen-bond acceptors (Lipinski definition) is 7. The van der Waals surface area contributed by atoms with Gasteiger partial charge in [0.2, 0.25) is 5.91 Å². The summed E-state index contributed by atoms with van der Waals surface area (Å²) in [5, 5.41) is 16.2. The zero-order valence-electron chi connectivity index (χ0n) is 19.8. The smallest absolute Gasteiger partial charge is 0.307 e. The standard InChI is InChI=1S/C24H29N3O7S/c1-15(26-27-35(31,32)22-14-18(33-2)12-13-21(22)34-3)16-8-10-17(11-9-16)25-23(28)19-6-4-5-7-20(19)24(29)30/h8-14,19-20,27H,4-7H2,1-3H3,(H,25,28)(H,29,30)/b26-15-/t19-,20+/m1/s1. The van der Waals surface area contributed by atoms with Crippen LogP contribution >= 0.6 is 0 Å². The fourth-order valence-corrected chi connectivity index (χ4v) is 5.05. The van der Waals surface area contributed by atoms with E-state index < -0.39 is 27.8 Å². The Hall–Kier alpha value is -3.60. The number of carbonyl (C=O) groups excluding carboxylic acids is 1. The number of nitrogens with zero attached hydrogens (tertiary/aromatic N) is 1. The summed E-state index contributed by atoms with van der Waals surface area (Å²) in [5.74, 6) is -1.99. The Labute approximate surface area is 204 Å². The summed E-state index contributed by atoms with van der Waals surface area (Å²) in [4.78, 5) is 26.2. The molecule has 1 saturated carbocycles. The Kier molecular flexibility index (Phi) is 8.34. The molecule has 2 aromatic rings. The SMILES string of the molecule is COc1ccc(OC)c(S(=O)(=O)N/N=C(/C)c2ccc(NC(=O)[C@@H]3CCCC[C@@H]3C(=O)O)cc2)c1. The zero-order valence-corrected chi connectivity index (χ0v) is 20.6. The molecule has 0 radical (unpaired) electrons. The predicted octanol–water partition coefficient (Wildman–Crippen LogP) is 3.24. The fourth-order valence-electron chi connectivity index (χ4n) is 4.01. The van der Waals surface area contributed by atoms with Crippen molar-refractivity contribution in [2.75, 3.05) is 19.5 Å². The topological polar surface area (TPSA) is 143 Å². The van der Waals surface area contributed by atoms with E-state index in [4.69, 9.17) is 9.47 Å². The molecule has 0 spiro atoms. The molecule has 1 fully saturated rings. The molecule has 0 aromatic heterocycles. The van der Waals surface area contributed by atoms with E-state index in [0.29, 0.717) is 35.6 Å². The van der Waals surface area contributed by atoms with Gasteiger partial charge in [-0.15, -0.1) is 0 Å². The molecule has 1 aliphatic carbocycles. The molecular weight excluding hydrogens is 474 g/mol. The van der Waals surface area contributed by atoms with Crippen LogP contribution in [0.3, 0.4) is 0 Å². The number of anilines is 1. The number of sulfonamides is 1. The predicted molar refractivity (Wildman–Crippen MR) is 130 cm³/mol. The van der Waals surface area contributed by atoms with Gasteiger partial charge < -0.3 is 19.9 Å². The van der Waals surface area contributed by atoms with Gasteiger partial charge >= 0.3 is 5.97 Å². The molecule has 1 amide bonds. The number of carboxylic acids is 1. The van der Waals surface area contributed by atoms with Crippen LogP contribution in [-0.4, -0.2) is 45.3 Å². The molecular formula is C24H29N3O7S. The molecule has 188 valence electrons. The number of aliphatic carboxylic acids is 1. The van der Waals surface area contributed by atoms with Crippen molar-refractivity contribution in [1.29, 1.82) is 0 Å². The summed E-state index contributed by atoms with van der Waals surface area (Å²) in [5.41, 5.74) is 1.54. The Morgan fingerprint density at radius 3 is 2.26 bits per heavy atom. The van der Waals surface area contributed by atoms with E-state index in [1.165, 1.54) is 26.4 Å². The maximum Gasteiger partial charge on any atom is 0.307 e. The van der Waals surface area contributed by atoms with Crippen molar-refractivity contribution in [3.05, 3.63) is 48.0 Å². The van der Waals surface area contributed by atoms with Crippen molar-refractivity contribution in [3.63, 3.8) is 0 Å². The van der Waals surface area contributed by atoms with Gasteiger partial charge in [0.1, 0.15) is 16.4 Å². The lowest BCUT2D eigenvalue weighted by Crippen LogP contribution is -2.36. The Balaban J connectivity index is 1.70. The summed E-state index contributed by atoms with van der Waals surface area (Å²) < 4.78 is 35.8. The first-order valence-corrected chi connectivity index (χ1v) is 12.6. The van der Waals surface area contributed by atoms with Crippen molar-refractivity contribution < 1.29 is 32.6 Å². The highest BCUT2D eigenvalue weighted by Gasteiger charge is 2.35. The number of amides is 1. The average Bonchev–Trinajstić information content (AvgIpc) is 2.87. The molecule has 35 heavy (non-hydrogen) atoms. The molecule has 2 aromatic carbocycles. The lowest BCUT2D eigenvalue weighted by Gasteiger charge is -2.27. The maximum atomic E-state index is 12.8. The molecule has 0 saturated heterocycles. The van der Waals surface area contributed by atoms with Gasteiger partial charge in [-0.05, 0) is 49.6 Å². The van der Waals surface area contributed by atoms with Crippen LogP contribution in [-0.2, 0) is 19.6 Å². The number of hydrazone groups is 1. The second-order valence-corrected chi connectivity index (χ2v) is 9.84. The monoisotopic (exact) mass is 503 g/mol. The van der Waals surface area contributed by atoms with Gasteiger partial charge in [0.15, 0.2) is 0 Å². The van der Waals surface area contributed by atoms with Crippen molar-refractivity contribution in [2.45, 2.75) is 37.5 Å². The van der Waals surface area contributed by atoms with Crippen LogP contribution in [0.4, 0.5) is 5.69 Å². The van der Waals surface area contributed by atoms with Crippen LogP contribution in [0, 0.1) is 11.8 Å². The first-order valence-electron chi connectivity index (χ1n) is 11.1. The van der Waals surface area contributed by atoms with Gasteiger partial charge in [0.25, 0.3) is 10.0 Å². The summed E-state index contributed by atoms with van der Waals surface area (Å²) >= 11 is 0. The van der Waals surface area contributed by atoms with E-state index >= 15 is 0 Å². The van der Waals surface area contributed by atoms with E-state index in [1.807, 2.05) is 0 Å². The molecule has 0 aliphatic heterocycles. The largest absolute Gasteiger partial charge is 0.497 e. The molecule has 1 aliphatic rings. The third kappa shape index (κ3) is 6.30. The summed E-state index contributed by atoms with van der Waals surface area (Å²) in [7, 11) is -1.24. The van der Waals surface area contributed by atoms with Crippen molar-refractivity contribution in [3.8, 4) is 11.5 Å². The highest BCUT2D eigenvalue weighted by atomic mass is 32.2. The fraction of sp³-hybridized carbons (Fsp3) is 0.375. The quantitative estimate of drug-likeness (QED) is 0.352. The lowest BCUT2D eigenvalue weighted by molar-refractivity contribution is -0.147. The van der Waals surface area contributed by atoms with Crippen molar-refractivity contribution >= 4 is 33.3 Å². The zero-order chi connectivity index (χ0) is 25.6. The molecule has 0 bridgehead atoms. The van der Waals surface area contributed by atoms with Gasteiger partial charge in [-0.25, -0.2) is 0 Å². The molecule has 0 heterocycles. The highest BCUT2D eigenvalue weighted by Crippen LogP contribution is 2.31. The highest BCUT2D eigenvalue weighted by molar-refractivity contribution is 7.89. The summed E-state index contributed by atoms with van der Waals surface area (Å²) in [6, 6.07) is 11.1. The minimum Gasteiger partial charge on any atom is -0.497 e. The summed E-state index contributed by atoms with van der Waals surface area (Å²) in [6.45, 7) is 1.64. The minimum atomic E-state index is -4.03. The lowest BCUT2D eigenvalue weighted by atomic mass is 9.78. The van der Waals surface area contributed by atoms with Crippen LogP contribution in [0.5, 0.6) is 11.5 Å².